The van der Waals surface area contributed by atoms with Crippen LogP contribution in [0.3, 0.4) is 0 Å². The Balaban J connectivity index is 2.34. The molecule has 0 bridgehead atoms. The van der Waals surface area contributed by atoms with E-state index in [1.807, 2.05) is 25.1 Å². The molecule has 4 heteroatoms. The van der Waals surface area contributed by atoms with Crippen LogP contribution in [0.2, 0.25) is 0 Å². The summed E-state index contributed by atoms with van der Waals surface area (Å²) in [5.74, 6) is 0.430. The van der Waals surface area contributed by atoms with Crippen molar-refractivity contribution >= 4 is 23.0 Å². The zero-order chi connectivity index (χ0) is 12.7. The highest BCUT2D eigenvalue weighted by molar-refractivity contribution is 7.80. The maximum absolute atomic E-state index is 5.13. The maximum Gasteiger partial charge on any atom is 0.187 e. The molecule has 0 fully saturated rings. The number of hydrogen-bond acceptors (Lipinski definition) is 2. The van der Waals surface area contributed by atoms with Crippen LogP contribution in [0, 0.1) is 5.92 Å². The van der Waals surface area contributed by atoms with E-state index in [4.69, 9.17) is 12.2 Å². The standard InChI is InChI=1S/C13H19N3S/c1-10(2)11(3)15-16-13(17)14-9-12-7-5-4-6-8-12/h4-8,10H,9H2,1-3H3,(H2,14,16,17). The van der Waals surface area contributed by atoms with Crippen molar-refractivity contribution in [3.05, 3.63) is 35.9 Å². The molecule has 92 valence electrons. The SMILES string of the molecule is CC(=NNC(=S)NCc1ccccc1)C(C)C. The Morgan fingerprint density at radius 1 is 1.29 bits per heavy atom. The zero-order valence-corrected chi connectivity index (χ0v) is 11.3. The van der Waals surface area contributed by atoms with Crippen molar-refractivity contribution in [1.29, 1.82) is 0 Å². The quantitative estimate of drug-likeness (QED) is 0.489. The summed E-state index contributed by atoms with van der Waals surface area (Å²) >= 11 is 5.13. The Kier molecular flexibility index (Phi) is 5.63. The molecule has 0 aromatic heterocycles. The molecular formula is C13H19N3S. The van der Waals surface area contributed by atoms with Gasteiger partial charge in [0.05, 0.1) is 0 Å². The molecule has 0 atom stereocenters. The second-order valence-corrected chi connectivity index (χ2v) is 4.60. The minimum absolute atomic E-state index is 0.430. The van der Waals surface area contributed by atoms with Gasteiger partial charge < -0.3 is 5.32 Å². The van der Waals surface area contributed by atoms with Gasteiger partial charge in [-0.1, -0.05) is 44.2 Å². The molecule has 0 amide bonds. The van der Waals surface area contributed by atoms with Crippen LogP contribution in [-0.2, 0) is 6.54 Å². The van der Waals surface area contributed by atoms with Crippen molar-refractivity contribution in [2.45, 2.75) is 27.3 Å². The third-order valence-electron chi connectivity index (χ3n) is 2.47. The van der Waals surface area contributed by atoms with Gasteiger partial charge in [0, 0.05) is 12.3 Å². The average molecular weight is 249 g/mol. The Hall–Kier alpha value is -1.42. The molecule has 3 nitrogen and oxygen atoms in total. The fourth-order valence-electron chi connectivity index (χ4n) is 1.09. The third-order valence-corrected chi connectivity index (χ3v) is 2.70. The lowest BCUT2D eigenvalue weighted by Gasteiger charge is -2.09. The summed E-state index contributed by atoms with van der Waals surface area (Å²) in [6, 6.07) is 10.1. The van der Waals surface area contributed by atoms with E-state index in [1.165, 1.54) is 5.56 Å². The number of hydrogen-bond donors (Lipinski definition) is 2. The molecule has 0 saturated heterocycles. The van der Waals surface area contributed by atoms with Gasteiger partial charge in [-0.2, -0.15) is 5.10 Å². The number of hydrazone groups is 1. The molecular weight excluding hydrogens is 230 g/mol. The van der Waals surface area contributed by atoms with Crippen LogP contribution in [0.4, 0.5) is 0 Å². The Morgan fingerprint density at radius 3 is 2.53 bits per heavy atom. The molecule has 1 rings (SSSR count). The van der Waals surface area contributed by atoms with Crippen LogP contribution in [0.1, 0.15) is 26.3 Å². The van der Waals surface area contributed by atoms with E-state index in [0.29, 0.717) is 17.6 Å². The summed E-state index contributed by atoms with van der Waals surface area (Å²) in [5, 5.41) is 7.86. The molecule has 17 heavy (non-hydrogen) atoms. The van der Waals surface area contributed by atoms with Crippen LogP contribution >= 0.6 is 12.2 Å². The van der Waals surface area contributed by atoms with Crippen molar-refractivity contribution in [3.8, 4) is 0 Å². The molecule has 0 aliphatic heterocycles. The average Bonchev–Trinajstić information content (AvgIpc) is 2.34. The van der Waals surface area contributed by atoms with Crippen LogP contribution in [0.25, 0.3) is 0 Å². The summed E-state index contributed by atoms with van der Waals surface area (Å²) in [5.41, 5.74) is 5.07. The van der Waals surface area contributed by atoms with Gasteiger partial charge in [0.1, 0.15) is 0 Å². The lowest BCUT2D eigenvalue weighted by Crippen LogP contribution is -2.32. The normalized spacial score (nSPS) is 11.4. The summed E-state index contributed by atoms with van der Waals surface area (Å²) in [6.45, 7) is 6.89. The van der Waals surface area contributed by atoms with Gasteiger partial charge in [-0.3, -0.25) is 5.43 Å². The topological polar surface area (TPSA) is 36.4 Å². The van der Waals surface area contributed by atoms with Crippen molar-refractivity contribution in [2.24, 2.45) is 11.0 Å². The predicted molar refractivity (Wildman–Crippen MR) is 77.0 cm³/mol. The first-order valence-corrected chi connectivity index (χ1v) is 6.12. The molecule has 1 aromatic carbocycles. The van der Waals surface area contributed by atoms with Gasteiger partial charge in [-0.25, -0.2) is 0 Å². The van der Waals surface area contributed by atoms with Gasteiger partial charge >= 0.3 is 0 Å². The number of rotatable bonds is 4. The van der Waals surface area contributed by atoms with Gasteiger partial charge in [0.15, 0.2) is 5.11 Å². The van der Waals surface area contributed by atoms with Crippen LogP contribution in [0.5, 0.6) is 0 Å². The molecule has 0 saturated carbocycles. The second kappa shape index (κ2) is 7.01. The molecule has 0 unspecified atom stereocenters. The first-order valence-electron chi connectivity index (χ1n) is 5.71. The minimum Gasteiger partial charge on any atom is -0.357 e. The third kappa shape index (κ3) is 5.45. The first-order chi connectivity index (χ1) is 8.09. The van der Waals surface area contributed by atoms with E-state index >= 15 is 0 Å². The van der Waals surface area contributed by atoms with E-state index < -0.39 is 0 Å². The highest BCUT2D eigenvalue weighted by atomic mass is 32.1. The molecule has 0 aliphatic carbocycles. The summed E-state index contributed by atoms with van der Waals surface area (Å²) in [7, 11) is 0. The van der Waals surface area contributed by atoms with Crippen molar-refractivity contribution in [2.75, 3.05) is 0 Å². The molecule has 0 heterocycles. The van der Waals surface area contributed by atoms with Crippen molar-refractivity contribution in [3.63, 3.8) is 0 Å². The lowest BCUT2D eigenvalue weighted by atomic mass is 10.1. The number of nitrogens with zero attached hydrogens (tertiary/aromatic N) is 1. The summed E-state index contributed by atoms with van der Waals surface area (Å²) < 4.78 is 0. The lowest BCUT2D eigenvalue weighted by molar-refractivity contribution is 0.830. The number of nitrogens with one attached hydrogen (secondary N) is 2. The molecule has 0 aliphatic rings. The Bertz CT molecular complexity index is 385. The fraction of sp³-hybridized carbons (Fsp3) is 0.385. The molecule has 0 spiro atoms. The Morgan fingerprint density at radius 2 is 1.94 bits per heavy atom. The smallest absolute Gasteiger partial charge is 0.187 e. The van der Waals surface area contributed by atoms with Crippen molar-refractivity contribution < 1.29 is 0 Å². The van der Waals surface area contributed by atoms with Gasteiger partial charge in [-0.05, 0) is 30.6 Å². The van der Waals surface area contributed by atoms with Gasteiger partial charge in [-0.15, -0.1) is 0 Å². The van der Waals surface area contributed by atoms with Crippen molar-refractivity contribution in [1.82, 2.24) is 10.7 Å². The monoisotopic (exact) mass is 249 g/mol. The first kappa shape index (κ1) is 13.6. The van der Waals surface area contributed by atoms with Gasteiger partial charge in [0.2, 0.25) is 0 Å². The van der Waals surface area contributed by atoms with E-state index in [0.717, 1.165) is 5.71 Å². The van der Waals surface area contributed by atoms with E-state index in [9.17, 15) is 0 Å². The molecule has 1 aromatic rings. The zero-order valence-electron chi connectivity index (χ0n) is 10.5. The predicted octanol–water partition coefficient (Wildman–Crippen LogP) is 2.68. The minimum atomic E-state index is 0.430. The highest BCUT2D eigenvalue weighted by Gasteiger charge is 1.98. The van der Waals surface area contributed by atoms with Crippen LogP contribution in [0.15, 0.2) is 35.4 Å². The van der Waals surface area contributed by atoms with E-state index in [1.54, 1.807) is 0 Å². The fourth-order valence-corrected chi connectivity index (χ4v) is 1.20. The second-order valence-electron chi connectivity index (χ2n) is 4.19. The maximum atomic E-state index is 5.13. The number of benzene rings is 1. The molecule has 0 radical (unpaired) electrons. The van der Waals surface area contributed by atoms with E-state index in [2.05, 4.69) is 41.8 Å². The number of thiocarbonyl (C=S) groups is 1. The van der Waals surface area contributed by atoms with E-state index in [-0.39, 0.29) is 0 Å². The Labute approximate surface area is 108 Å². The van der Waals surface area contributed by atoms with Gasteiger partial charge in [0.25, 0.3) is 0 Å². The largest absolute Gasteiger partial charge is 0.357 e. The van der Waals surface area contributed by atoms with Crippen LogP contribution < -0.4 is 10.7 Å². The highest BCUT2D eigenvalue weighted by Crippen LogP contribution is 1.97. The summed E-state index contributed by atoms with van der Waals surface area (Å²) in [6.07, 6.45) is 0. The molecule has 2 N–H and O–H groups in total. The summed E-state index contributed by atoms with van der Waals surface area (Å²) in [4.78, 5) is 0. The van der Waals surface area contributed by atoms with Crippen LogP contribution in [-0.4, -0.2) is 10.8 Å².